The molecule has 1 aliphatic heterocycles. The van der Waals surface area contributed by atoms with Gasteiger partial charge in [0.15, 0.2) is 6.61 Å². The van der Waals surface area contributed by atoms with E-state index in [1.54, 1.807) is 24.3 Å². The normalized spacial score (nSPS) is 14.2. The lowest BCUT2D eigenvalue weighted by atomic mass is 10.2. The highest BCUT2D eigenvalue weighted by Gasteiger charge is 2.31. The van der Waals surface area contributed by atoms with Crippen LogP contribution in [0.2, 0.25) is 0 Å². The van der Waals surface area contributed by atoms with E-state index < -0.39 is 9.70 Å². The lowest BCUT2D eigenvalue weighted by Crippen LogP contribution is -2.38. The number of carbonyl (C=O) groups excluding carboxylic acids is 2. The molecule has 112 valence electrons. The van der Waals surface area contributed by atoms with Crippen molar-refractivity contribution in [2.75, 3.05) is 23.4 Å². The van der Waals surface area contributed by atoms with Crippen molar-refractivity contribution >= 4 is 58.0 Å². The summed E-state index contributed by atoms with van der Waals surface area (Å²) in [6.45, 7) is 3.90. The third-order valence-electron chi connectivity index (χ3n) is 2.73. The fraction of sp³-hybridized carbons (Fsp3) is 0.231. The van der Waals surface area contributed by atoms with Gasteiger partial charge in [-0.1, -0.05) is 40.9 Å². The number of benzene rings is 1. The number of hydrogen-bond acceptors (Lipinski definition) is 3. The van der Waals surface area contributed by atoms with Crippen molar-refractivity contribution in [1.29, 1.82) is 0 Å². The van der Waals surface area contributed by atoms with Crippen LogP contribution in [0.25, 0.3) is 0 Å². The van der Waals surface area contributed by atoms with E-state index in [-0.39, 0.29) is 12.5 Å². The minimum Gasteiger partial charge on any atom is -0.482 e. The predicted molar refractivity (Wildman–Crippen MR) is 83.4 cm³/mol. The van der Waals surface area contributed by atoms with Crippen molar-refractivity contribution in [3.63, 3.8) is 0 Å². The second kappa shape index (κ2) is 6.13. The van der Waals surface area contributed by atoms with Crippen molar-refractivity contribution in [2.24, 2.45) is 0 Å². The molecule has 0 spiro atoms. The summed E-state index contributed by atoms with van der Waals surface area (Å²) >= 11 is 16.5. The maximum atomic E-state index is 11.8. The first-order valence-corrected chi connectivity index (χ1v) is 7.02. The molecule has 0 saturated carbocycles. The van der Waals surface area contributed by atoms with Crippen LogP contribution in [0.1, 0.15) is 0 Å². The molecule has 0 atom stereocenters. The van der Waals surface area contributed by atoms with E-state index in [0.717, 1.165) is 0 Å². The highest BCUT2D eigenvalue weighted by molar-refractivity contribution is 6.76. The van der Waals surface area contributed by atoms with Gasteiger partial charge >= 0.3 is 0 Å². The fourth-order valence-corrected chi connectivity index (χ4v) is 1.95. The molecule has 0 saturated heterocycles. The Labute approximate surface area is 136 Å². The van der Waals surface area contributed by atoms with Crippen LogP contribution in [-0.2, 0) is 9.59 Å². The van der Waals surface area contributed by atoms with Crippen LogP contribution in [0.15, 0.2) is 30.9 Å². The van der Waals surface area contributed by atoms with E-state index in [2.05, 4.69) is 11.9 Å². The Morgan fingerprint density at radius 1 is 1.48 bits per heavy atom. The summed E-state index contributed by atoms with van der Waals surface area (Å²) in [7, 11) is 0. The summed E-state index contributed by atoms with van der Waals surface area (Å²) in [6.07, 6.45) is 1.60. The number of alkyl halides is 3. The van der Waals surface area contributed by atoms with Gasteiger partial charge < -0.3 is 15.0 Å². The largest absolute Gasteiger partial charge is 0.482 e. The summed E-state index contributed by atoms with van der Waals surface area (Å²) in [6, 6.07) is 4.80. The molecule has 2 rings (SSSR count). The minimum atomic E-state index is -2.07. The highest BCUT2D eigenvalue weighted by atomic mass is 35.6. The Kier molecular flexibility index (Phi) is 4.66. The number of nitrogens with zero attached hydrogens (tertiary/aromatic N) is 1. The number of nitrogens with one attached hydrogen (secondary N) is 1. The van der Waals surface area contributed by atoms with Gasteiger partial charge in [-0.3, -0.25) is 9.59 Å². The number of ether oxygens (including phenoxy) is 1. The van der Waals surface area contributed by atoms with E-state index in [1.165, 1.54) is 4.90 Å². The van der Waals surface area contributed by atoms with E-state index in [1.807, 2.05) is 0 Å². The van der Waals surface area contributed by atoms with E-state index in [4.69, 9.17) is 39.5 Å². The maximum Gasteiger partial charge on any atom is 0.276 e. The van der Waals surface area contributed by atoms with Gasteiger partial charge in [0.25, 0.3) is 15.6 Å². The molecule has 21 heavy (non-hydrogen) atoms. The summed E-state index contributed by atoms with van der Waals surface area (Å²) in [5, 5.41) is 2.46. The van der Waals surface area contributed by atoms with Crippen LogP contribution in [0.5, 0.6) is 5.75 Å². The standard InChI is InChI=1S/C13H11Cl3N2O3/c1-2-5-18-9-6-8(17-12(20)13(14,15)16)3-4-10(9)21-7-11(18)19/h2-4,6H,1,5,7H2,(H,17,20). The Hall–Kier alpha value is -1.43. The van der Waals surface area contributed by atoms with E-state index in [0.29, 0.717) is 23.7 Å². The zero-order valence-corrected chi connectivity index (χ0v) is 13.0. The number of rotatable bonds is 3. The number of fused-ring (bicyclic) bond motifs is 1. The van der Waals surface area contributed by atoms with Gasteiger partial charge in [0.1, 0.15) is 5.75 Å². The van der Waals surface area contributed by atoms with Crippen molar-refractivity contribution in [3.8, 4) is 5.75 Å². The SMILES string of the molecule is C=CCN1C(=O)COc2ccc(NC(=O)C(Cl)(Cl)Cl)cc21. The van der Waals surface area contributed by atoms with Gasteiger partial charge in [0.2, 0.25) is 0 Å². The zero-order chi connectivity index (χ0) is 15.6. The van der Waals surface area contributed by atoms with Crippen molar-refractivity contribution in [3.05, 3.63) is 30.9 Å². The Balaban J connectivity index is 2.30. The van der Waals surface area contributed by atoms with Crippen LogP contribution < -0.4 is 15.0 Å². The van der Waals surface area contributed by atoms with Gasteiger partial charge in [-0.15, -0.1) is 6.58 Å². The third-order valence-corrected chi connectivity index (χ3v) is 3.24. The monoisotopic (exact) mass is 348 g/mol. The first kappa shape index (κ1) is 15.9. The van der Waals surface area contributed by atoms with Crippen LogP contribution in [0.4, 0.5) is 11.4 Å². The topological polar surface area (TPSA) is 58.6 Å². The van der Waals surface area contributed by atoms with Gasteiger partial charge in [0.05, 0.1) is 5.69 Å². The van der Waals surface area contributed by atoms with Gasteiger partial charge in [0, 0.05) is 12.2 Å². The number of hydrogen-bond donors (Lipinski definition) is 1. The summed E-state index contributed by atoms with van der Waals surface area (Å²) in [4.78, 5) is 25.0. The van der Waals surface area contributed by atoms with Crippen LogP contribution in [0, 0.1) is 0 Å². The number of amides is 2. The molecule has 8 heteroatoms. The van der Waals surface area contributed by atoms with Crippen LogP contribution >= 0.6 is 34.8 Å². The Morgan fingerprint density at radius 3 is 2.81 bits per heavy atom. The van der Waals surface area contributed by atoms with E-state index in [9.17, 15) is 9.59 Å². The molecule has 1 heterocycles. The molecule has 2 amide bonds. The molecule has 0 fully saturated rings. The molecule has 0 bridgehead atoms. The molecule has 1 aromatic rings. The smallest absolute Gasteiger partial charge is 0.276 e. The third kappa shape index (κ3) is 3.61. The first-order chi connectivity index (χ1) is 9.82. The minimum absolute atomic E-state index is 0.0410. The number of anilines is 2. The first-order valence-electron chi connectivity index (χ1n) is 5.89. The molecule has 0 radical (unpaired) electrons. The predicted octanol–water partition coefficient (Wildman–Crippen LogP) is 2.91. The van der Waals surface area contributed by atoms with Crippen LogP contribution in [0.3, 0.4) is 0 Å². The molecular formula is C13H11Cl3N2O3. The summed E-state index contributed by atoms with van der Waals surface area (Å²) in [5.41, 5.74) is 0.908. The molecular weight excluding hydrogens is 339 g/mol. The van der Waals surface area contributed by atoms with Gasteiger partial charge in [-0.05, 0) is 18.2 Å². The second-order valence-corrected chi connectivity index (χ2v) is 6.50. The number of carbonyl (C=O) groups is 2. The fourth-order valence-electron chi connectivity index (χ4n) is 1.81. The zero-order valence-electron chi connectivity index (χ0n) is 10.7. The molecule has 1 aromatic carbocycles. The van der Waals surface area contributed by atoms with Crippen molar-refractivity contribution in [2.45, 2.75) is 3.79 Å². The maximum absolute atomic E-state index is 11.8. The summed E-state index contributed by atoms with van der Waals surface area (Å²) in [5.74, 6) is -0.457. The molecule has 1 aliphatic rings. The van der Waals surface area contributed by atoms with E-state index >= 15 is 0 Å². The van der Waals surface area contributed by atoms with Gasteiger partial charge in [-0.2, -0.15) is 0 Å². The average molecular weight is 350 g/mol. The summed E-state index contributed by atoms with van der Waals surface area (Å²) < 4.78 is 3.26. The highest BCUT2D eigenvalue weighted by Crippen LogP contribution is 2.35. The molecule has 5 nitrogen and oxygen atoms in total. The molecule has 1 N–H and O–H groups in total. The Bertz CT molecular complexity index is 599. The van der Waals surface area contributed by atoms with Crippen LogP contribution in [-0.4, -0.2) is 28.8 Å². The van der Waals surface area contributed by atoms with Crippen molar-refractivity contribution < 1.29 is 14.3 Å². The molecule has 0 unspecified atom stereocenters. The Morgan fingerprint density at radius 2 is 2.19 bits per heavy atom. The quantitative estimate of drug-likeness (QED) is 0.674. The lowest BCUT2D eigenvalue weighted by molar-refractivity contribution is -0.121. The molecule has 0 aromatic heterocycles. The molecule has 0 aliphatic carbocycles. The lowest BCUT2D eigenvalue weighted by Gasteiger charge is -2.29. The van der Waals surface area contributed by atoms with Gasteiger partial charge in [-0.25, -0.2) is 0 Å². The second-order valence-electron chi connectivity index (χ2n) is 4.22. The number of halogens is 3. The van der Waals surface area contributed by atoms with Crippen molar-refractivity contribution in [1.82, 2.24) is 0 Å². The average Bonchev–Trinajstić information content (AvgIpc) is 2.41.